The Kier molecular flexibility index (Phi) is 2.76. The molecule has 3 rings (SSSR count). The van der Waals surface area contributed by atoms with Gasteiger partial charge in [0.2, 0.25) is 0 Å². The normalized spacial score (nSPS) is 10.6. The number of hydrogen-bond donors (Lipinski definition) is 1. The summed E-state index contributed by atoms with van der Waals surface area (Å²) >= 11 is 0. The minimum atomic E-state index is 0.787. The Morgan fingerprint density at radius 1 is 1.05 bits per heavy atom. The second-order valence-electron chi connectivity index (χ2n) is 4.43. The zero-order valence-electron chi connectivity index (χ0n) is 10.6. The largest absolute Gasteiger partial charge is 0.399 e. The van der Waals surface area contributed by atoms with Crippen LogP contribution in [0, 0.1) is 6.92 Å². The lowest BCUT2D eigenvalue weighted by molar-refractivity contribution is 1.06. The quantitative estimate of drug-likeness (QED) is 0.711. The van der Waals surface area contributed by atoms with Gasteiger partial charge in [0, 0.05) is 16.9 Å². The second kappa shape index (κ2) is 4.57. The molecular weight excluding hydrogens is 236 g/mol. The molecule has 0 amide bonds. The zero-order chi connectivity index (χ0) is 13.2. The van der Waals surface area contributed by atoms with Gasteiger partial charge in [0.25, 0.3) is 0 Å². The summed E-state index contributed by atoms with van der Waals surface area (Å²) in [5.74, 6) is 0.814. The Balaban J connectivity index is 2.12. The number of nitrogens with two attached hydrogens (primary N) is 1. The van der Waals surface area contributed by atoms with E-state index in [2.05, 4.69) is 10.2 Å². The first kappa shape index (κ1) is 11.5. The van der Waals surface area contributed by atoms with Gasteiger partial charge in [-0.15, -0.1) is 10.2 Å². The third-order valence-corrected chi connectivity index (χ3v) is 3.11. The van der Waals surface area contributed by atoms with E-state index in [1.54, 1.807) is 6.33 Å². The van der Waals surface area contributed by atoms with Crippen LogP contribution >= 0.6 is 0 Å². The minimum absolute atomic E-state index is 0.787. The standard InChI is InChI=1S/C15H14N4/c1-11-9-12(7-8-14(11)16)15-18-17-10-19(15)13-5-3-2-4-6-13/h2-10H,16H2,1H3. The molecule has 2 aromatic carbocycles. The van der Waals surface area contributed by atoms with Crippen LogP contribution in [0.4, 0.5) is 5.69 Å². The van der Waals surface area contributed by atoms with Gasteiger partial charge in [-0.05, 0) is 42.8 Å². The molecule has 0 fully saturated rings. The van der Waals surface area contributed by atoms with Crippen LogP contribution < -0.4 is 5.73 Å². The van der Waals surface area contributed by atoms with Gasteiger partial charge in [-0.1, -0.05) is 18.2 Å². The molecule has 0 atom stereocenters. The maximum Gasteiger partial charge on any atom is 0.168 e. The fourth-order valence-electron chi connectivity index (χ4n) is 2.02. The van der Waals surface area contributed by atoms with E-state index in [9.17, 15) is 0 Å². The molecule has 1 heterocycles. The second-order valence-corrected chi connectivity index (χ2v) is 4.43. The summed E-state index contributed by atoms with van der Waals surface area (Å²) < 4.78 is 1.96. The number of para-hydroxylation sites is 1. The number of rotatable bonds is 2. The Morgan fingerprint density at radius 2 is 1.84 bits per heavy atom. The summed E-state index contributed by atoms with van der Waals surface area (Å²) in [7, 11) is 0. The molecule has 4 heteroatoms. The maximum absolute atomic E-state index is 5.85. The van der Waals surface area contributed by atoms with Crippen LogP contribution in [-0.4, -0.2) is 14.8 Å². The van der Waals surface area contributed by atoms with Gasteiger partial charge in [-0.25, -0.2) is 0 Å². The van der Waals surface area contributed by atoms with E-state index in [4.69, 9.17) is 5.73 Å². The van der Waals surface area contributed by atoms with E-state index in [1.165, 1.54) is 0 Å². The first-order chi connectivity index (χ1) is 9.25. The third kappa shape index (κ3) is 2.08. The van der Waals surface area contributed by atoms with E-state index >= 15 is 0 Å². The number of aromatic nitrogens is 3. The highest BCUT2D eigenvalue weighted by molar-refractivity contribution is 5.63. The predicted octanol–water partition coefficient (Wildman–Crippen LogP) is 2.82. The van der Waals surface area contributed by atoms with E-state index in [-0.39, 0.29) is 0 Å². The molecule has 0 bridgehead atoms. The van der Waals surface area contributed by atoms with Crippen LogP contribution in [0.25, 0.3) is 17.1 Å². The summed E-state index contributed by atoms with van der Waals surface area (Å²) in [4.78, 5) is 0. The molecule has 19 heavy (non-hydrogen) atoms. The third-order valence-electron chi connectivity index (χ3n) is 3.11. The van der Waals surface area contributed by atoms with Crippen LogP contribution in [-0.2, 0) is 0 Å². The molecule has 1 aromatic heterocycles. The van der Waals surface area contributed by atoms with Gasteiger partial charge < -0.3 is 5.73 Å². The van der Waals surface area contributed by atoms with Crippen molar-refractivity contribution in [3.8, 4) is 17.1 Å². The summed E-state index contributed by atoms with van der Waals surface area (Å²) in [6.07, 6.45) is 1.72. The van der Waals surface area contributed by atoms with Gasteiger partial charge >= 0.3 is 0 Å². The van der Waals surface area contributed by atoms with Crippen molar-refractivity contribution in [2.75, 3.05) is 5.73 Å². The first-order valence-corrected chi connectivity index (χ1v) is 6.07. The highest BCUT2D eigenvalue weighted by Crippen LogP contribution is 2.23. The average Bonchev–Trinajstić information content (AvgIpc) is 2.92. The topological polar surface area (TPSA) is 56.7 Å². The molecule has 0 aliphatic heterocycles. The molecule has 3 aromatic rings. The number of nitrogen functional groups attached to an aromatic ring is 1. The number of hydrogen-bond acceptors (Lipinski definition) is 3. The average molecular weight is 250 g/mol. The van der Waals surface area contributed by atoms with Crippen molar-refractivity contribution >= 4 is 5.69 Å². The molecular formula is C15H14N4. The number of benzene rings is 2. The van der Waals surface area contributed by atoms with Gasteiger partial charge in [-0.2, -0.15) is 0 Å². The van der Waals surface area contributed by atoms with Crippen molar-refractivity contribution < 1.29 is 0 Å². The summed E-state index contributed by atoms with van der Waals surface area (Å²) in [6, 6.07) is 15.9. The molecule has 94 valence electrons. The molecule has 0 saturated heterocycles. The molecule has 0 spiro atoms. The van der Waals surface area contributed by atoms with Gasteiger partial charge in [0.1, 0.15) is 6.33 Å². The van der Waals surface area contributed by atoms with Crippen molar-refractivity contribution in [1.82, 2.24) is 14.8 Å². The summed E-state index contributed by atoms with van der Waals surface area (Å²) in [6.45, 7) is 1.99. The Labute approximate surface area is 111 Å². The van der Waals surface area contributed by atoms with E-state index in [0.29, 0.717) is 0 Å². The lowest BCUT2D eigenvalue weighted by Gasteiger charge is -2.08. The first-order valence-electron chi connectivity index (χ1n) is 6.07. The fraction of sp³-hybridized carbons (Fsp3) is 0.0667. The van der Waals surface area contributed by atoms with Crippen molar-refractivity contribution in [3.05, 3.63) is 60.4 Å². The van der Waals surface area contributed by atoms with Gasteiger partial charge in [-0.3, -0.25) is 4.57 Å². The van der Waals surface area contributed by atoms with Crippen LogP contribution in [0.2, 0.25) is 0 Å². The number of anilines is 1. The predicted molar refractivity (Wildman–Crippen MR) is 75.9 cm³/mol. The maximum atomic E-state index is 5.85. The number of nitrogens with zero attached hydrogens (tertiary/aromatic N) is 3. The zero-order valence-corrected chi connectivity index (χ0v) is 10.6. The Morgan fingerprint density at radius 3 is 2.58 bits per heavy atom. The van der Waals surface area contributed by atoms with Crippen LogP contribution in [0.15, 0.2) is 54.9 Å². The van der Waals surface area contributed by atoms with Crippen LogP contribution in [0.5, 0.6) is 0 Å². The molecule has 0 unspecified atom stereocenters. The smallest absolute Gasteiger partial charge is 0.168 e. The molecule has 0 aliphatic carbocycles. The molecule has 0 radical (unpaired) electrons. The SMILES string of the molecule is Cc1cc(-c2nncn2-c2ccccc2)ccc1N. The van der Waals surface area contributed by atoms with Crippen LogP contribution in [0.3, 0.4) is 0 Å². The fourth-order valence-corrected chi connectivity index (χ4v) is 2.02. The Bertz CT molecular complexity index is 701. The highest BCUT2D eigenvalue weighted by Gasteiger charge is 2.09. The summed E-state index contributed by atoms with van der Waals surface area (Å²) in [5.41, 5.74) is 9.72. The van der Waals surface area contributed by atoms with Crippen LogP contribution in [0.1, 0.15) is 5.56 Å². The monoisotopic (exact) mass is 250 g/mol. The van der Waals surface area contributed by atoms with E-state index in [1.807, 2.05) is 60.0 Å². The van der Waals surface area contributed by atoms with Gasteiger partial charge in [0.15, 0.2) is 5.82 Å². The van der Waals surface area contributed by atoms with E-state index in [0.717, 1.165) is 28.3 Å². The lowest BCUT2D eigenvalue weighted by Crippen LogP contribution is -1.97. The Hall–Kier alpha value is -2.62. The molecule has 4 nitrogen and oxygen atoms in total. The van der Waals surface area contributed by atoms with Crippen molar-refractivity contribution in [2.45, 2.75) is 6.92 Å². The van der Waals surface area contributed by atoms with Gasteiger partial charge in [0.05, 0.1) is 0 Å². The lowest BCUT2D eigenvalue weighted by atomic mass is 10.1. The van der Waals surface area contributed by atoms with Crippen molar-refractivity contribution in [1.29, 1.82) is 0 Å². The van der Waals surface area contributed by atoms with Crippen molar-refractivity contribution in [2.24, 2.45) is 0 Å². The molecule has 2 N–H and O–H groups in total. The molecule has 0 saturated carbocycles. The summed E-state index contributed by atoms with van der Waals surface area (Å²) in [5, 5.41) is 8.21. The number of aryl methyl sites for hydroxylation is 1. The van der Waals surface area contributed by atoms with E-state index < -0.39 is 0 Å². The minimum Gasteiger partial charge on any atom is -0.399 e. The molecule has 0 aliphatic rings. The highest BCUT2D eigenvalue weighted by atomic mass is 15.3. The van der Waals surface area contributed by atoms with Crippen molar-refractivity contribution in [3.63, 3.8) is 0 Å².